The first-order chi connectivity index (χ1) is 6.09. The number of hydrogen-bond acceptors (Lipinski definition) is 2. The van der Waals surface area contributed by atoms with Gasteiger partial charge in [-0.3, -0.25) is 0 Å². The predicted octanol–water partition coefficient (Wildman–Crippen LogP) is 2.74. The molecule has 1 heterocycles. The second-order valence-electron chi connectivity index (χ2n) is 4.05. The summed E-state index contributed by atoms with van der Waals surface area (Å²) in [6.07, 6.45) is 4.02. The van der Waals surface area contributed by atoms with Crippen LogP contribution in [0.1, 0.15) is 33.6 Å². The molecule has 1 rings (SSSR count). The van der Waals surface area contributed by atoms with Crippen molar-refractivity contribution in [2.75, 3.05) is 6.61 Å². The summed E-state index contributed by atoms with van der Waals surface area (Å²) in [5.41, 5.74) is 0. The Labute approximate surface area is 80.9 Å². The van der Waals surface area contributed by atoms with Gasteiger partial charge in [0.05, 0.1) is 6.61 Å². The smallest absolute Gasteiger partial charge is 0.166 e. The van der Waals surface area contributed by atoms with Crippen LogP contribution in [0, 0.1) is 5.92 Å². The molecule has 3 atom stereocenters. The van der Waals surface area contributed by atoms with Crippen LogP contribution < -0.4 is 0 Å². The predicted molar refractivity (Wildman–Crippen MR) is 53.5 cm³/mol. The number of hydrogen-bond donors (Lipinski definition) is 0. The first kappa shape index (κ1) is 10.7. The fourth-order valence-corrected chi connectivity index (χ4v) is 1.65. The Morgan fingerprint density at radius 3 is 2.85 bits per heavy atom. The highest BCUT2D eigenvalue weighted by Gasteiger charge is 2.36. The van der Waals surface area contributed by atoms with Crippen molar-refractivity contribution in [2.24, 2.45) is 5.92 Å². The summed E-state index contributed by atoms with van der Waals surface area (Å²) in [7, 11) is 0. The van der Waals surface area contributed by atoms with Crippen molar-refractivity contribution in [1.29, 1.82) is 0 Å². The minimum atomic E-state index is -0.381. The summed E-state index contributed by atoms with van der Waals surface area (Å²) in [6.45, 7) is 10.8. The lowest BCUT2D eigenvalue weighted by Crippen LogP contribution is -2.28. The molecule has 76 valence electrons. The average Bonchev–Trinajstić information content (AvgIpc) is 2.47. The molecule has 1 saturated heterocycles. The van der Waals surface area contributed by atoms with E-state index in [1.165, 1.54) is 6.42 Å². The van der Waals surface area contributed by atoms with Gasteiger partial charge in [-0.15, -0.1) is 6.58 Å². The monoisotopic (exact) mass is 184 g/mol. The zero-order valence-electron chi connectivity index (χ0n) is 8.88. The van der Waals surface area contributed by atoms with Crippen LogP contribution >= 0.6 is 0 Å². The molecule has 2 heteroatoms. The van der Waals surface area contributed by atoms with Gasteiger partial charge < -0.3 is 9.47 Å². The van der Waals surface area contributed by atoms with Crippen molar-refractivity contribution in [1.82, 2.24) is 0 Å². The van der Waals surface area contributed by atoms with Crippen LogP contribution in [0.5, 0.6) is 0 Å². The van der Waals surface area contributed by atoms with Crippen LogP contribution in [0.3, 0.4) is 0 Å². The van der Waals surface area contributed by atoms with Gasteiger partial charge in [-0.2, -0.15) is 0 Å². The van der Waals surface area contributed by atoms with Gasteiger partial charge in [0.15, 0.2) is 5.79 Å². The van der Waals surface area contributed by atoms with Crippen molar-refractivity contribution in [3.8, 4) is 0 Å². The lowest BCUT2D eigenvalue weighted by Gasteiger charge is -2.25. The first-order valence-corrected chi connectivity index (χ1v) is 5.04. The van der Waals surface area contributed by atoms with Gasteiger partial charge in [-0.1, -0.05) is 26.3 Å². The van der Waals surface area contributed by atoms with Crippen molar-refractivity contribution in [3.63, 3.8) is 0 Å². The summed E-state index contributed by atoms with van der Waals surface area (Å²) >= 11 is 0. The van der Waals surface area contributed by atoms with E-state index >= 15 is 0 Å². The fourth-order valence-electron chi connectivity index (χ4n) is 1.65. The van der Waals surface area contributed by atoms with Gasteiger partial charge >= 0.3 is 0 Å². The molecule has 0 aromatic heterocycles. The van der Waals surface area contributed by atoms with Crippen LogP contribution in [-0.2, 0) is 9.47 Å². The SMILES string of the molecule is C=CC1COC(C)(CC(C)CC)O1. The molecule has 0 spiro atoms. The topological polar surface area (TPSA) is 18.5 Å². The summed E-state index contributed by atoms with van der Waals surface area (Å²) in [6, 6.07) is 0. The van der Waals surface area contributed by atoms with Crippen molar-refractivity contribution < 1.29 is 9.47 Å². The van der Waals surface area contributed by atoms with Gasteiger partial charge in [-0.25, -0.2) is 0 Å². The Balaban J connectivity index is 2.44. The maximum atomic E-state index is 5.73. The van der Waals surface area contributed by atoms with E-state index in [-0.39, 0.29) is 11.9 Å². The molecule has 1 aliphatic heterocycles. The Bertz CT molecular complexity index is 179. The molecular weight excluding hydrogens is 164 g/mol. The maximum Gasteiger partial charge on any atom is 0.166 e. The minimum absolute atomic E-state index is 0.0778. The Hall–Kier alpha value is -0.340. The van der Waals surface area contributed by atoms with E-state index in [0.29, 0.717) is 12.5 Å². The van der Waals surface area contributed by atoms with Crippen LogP contribution in [0.2, 0.25) is 0 Å². The summed E-state index contributed by atoms with van der Waals surface area (Å²) < 4.78 is 11.4. The molecule has 0 radical (unpaired) electrons. The van der Waals surface area contributed by atoms with E-state index in [1.807, 2.05) is 13.0 Å². The third kappa shape index (κ3) is 2.82. The molecule has 0 aliphatic carbocycles. The maximum absolute atomic E-state index is 5.73. The quantitative estimate of drug-likeness (QED) is 0.625. The van der Waals surface area contributed by atoms with E-state index in [2.05, 4.69) is 20.4 Å². The van der Waals surface area contributed by atoms with Gasteiger partial charge in [0.2, 0.25) is 0 Å². The third-order valence-corrected chi connectivity index (χ3v) is 2.63. The Morgan fingerprint density at radius 2 is 2.38 bits per heavy atom. The lowest BCUT2D eigenvalue weighted by atomic mass is 10.00. The van der Waals surface area contributed by atoms with E-state index in [0.717, 1.165) is 6.42 Å². The van der Waals surface area contributed by atoms with Crippen LogP contribution in [0.15, 0.2) is 12.7 Å². The summed E-state index contributed by atoms with van der Waals surface area (Å²) in [5, 5.41) is 0. The molecule has 0 bridgehead atoms. The van der Waals surface area contributed by atoms with E-state index in [4.69, 9.17) is 9.47 Å². The average molecular weight is 184 g/mol. The highest BCUT2D eigenvalue weighted by molar-refractivity contribution is 4.87. The number of rotatable bonds is 4. The largest absolute Gasteiger partial charge is 0.347 e. The Morgan fingerprint density at radius 1 is 1.69 bits per heavy atom. The van der Waals surface area contributed by atoms with Gasteiger partial charge in [-0.05, 0) is 12.8 Å². The third-order valence-electron chi connectivity index (χ3n) is 2.63. The molecule has 0 aromatic rings. The zero-order valence-corrected chi connectivity index (χ0v) is 8.88. The van der Waals surface area contributed by atoms with Gasteiger partial charge in [0, 0.05) is 6.42 Å². The van der Waals surface area contributed by atoms with Crippen molar-refractivity contribution in [2.45, 2.75) is 45.5 Å². The Kier molecular flexibility index (Phi) is 3.51. The summed E-state index contributed by atoms with van der Waals surface area (Å²) in [5.74, 6) is 0.266. The molecule has 0 N–H and O–H groups in total. The lowest BCUT2D eigenvalue weighted by molar-refractivity contribution is -0.160. The van der Waals surface area contributed by atoms with Crippen molar-refractivity contribution >= 4 is 0 Å². The standard InChI is InChI=1S/C11H20O2/c1-5-9(3)7-11(4)12-8-10(6-2)13-11/h6,9-10H,2,5,7-8H2,1,3-4H3. The second kappa shape index (κ2) is 4.25. The molecule has 0 aromatic carbocycles. The molecule has 2 nitrogen and oxygen atoms in total. The second-order valence-corrected chi connectivity index (χ2v) is 4.05. The highest BCUT2D eigenvalue weighted by Crippen LogP contribution is 2.30. The molecule has 1 aliphatic rings. The molecule has 0 amide bonds. The van der Waals surface area contributed by atoms with E-state index < -0.39 is 0 Å². The zero-order chi connectivity index (χ0) is 9.90. The highest BCUT2D eigenvalue weighted by atomic mass is 16.7. The molecular formula is C11H20O2. The molecule has 13 heavy (non-hydrogen) atoms. The fraction of sp³-hybridized carbons (Fsp3) is 0.818. The first-order valence-electron chi connectivity index (χ1n) is 5.04. The molecule has 1 fully saturated rings. The van der Waals surface area contributed by atoms with E-state index in [1.54, 1.807) is 0 Å². The van der Waals surface area contributed by atoms with Gasteiger partial charge in [0.1, 0.15) is 6.10 Å². The van der Waals surface area contributed by atoms with E-state index in [9.17, 15) is 0 Å². The van der Waals surface area contributed by atoms with Crippen LogP contribution in [0.4, 0.5) is 0 Å². The van der Waals surface area contributed by atoms with Gasteiger partial charge in [0.25, 0.3) is 0 Å². The summed E-state index contributed by atoms with van der Waals surface area (Å²) in [4.78, 5) is 0. The van der Waals surface area contributed by atoms with Crippen LogP contribution in [-0.4, -0.2) is 18.5 Å². The minimum Gasteiger partial charge on any atom is -0.347 e. The molecule has 3 unspecified atom stereocenters. The van der Waals surface area contributed by atoms with Crippen molar-refractivity contribution in [3.05, 3.63) is 12.7 Å². The van der Waals surface area contributed by atoms with Crippen LogP contribution in [0.25, 0.3) is 0 Å². The number of ether oxygens (including phenoxy) is 2. The molecule has 0 saturated carbocycles. The normalized spacial score (nSPS) is 36.1.